The van der Waals surface area contributed by atoms with Crippen molar-refractivity contribution < 1.29 is 9.15 Å². The Bertz CT molecular complexity index is 611. The van der Waals surface area contributed by atoms with E-state index in [1.807, 2.05) is 18.2 Å². The van der Waals surface area contributed by atoms with Gasteiger partial charge in [0.2, 0.25) is 0 Å². The molecule has 1 aromatic heterocycles. The average molecular weight is 381 g/mol. The Morgan fingerprint density at radius 1 is 1.26 bits per heavy atom. The van der Waals surface area contributed by atoms with Crippen molar-refractivity contribution >= 4 is 15.9 Å². The summed E-state index contributed by atoms with van der Waals surface area (Å²) in [7, 11) is 1.67. The van der Waals surface area contributed by atoms with Crippen LogP contribution in [-0.4, -0.2) is 25.1 Å². The second-order valence-corrected chi connectivity index (χ2v) is 7.42. The SMILES string of the molecule is COc1ccc(CN(Cc2ccco2)CC(C)(C)CN)cc1Br. The third-order valence-electron chi connectivity index (χ3n) is 3.79. The van der Waals surface area contributed by atoms with Crippen molar-refractivity contribution in [1.29, 1.82) is 0 Å². The zero-order chi connectivity index (χ0) is 16.9. The maximum atomic E-state index is 5.91. The molecule has 0 saturated heterocycles. The van der Waals surface area contributed by atoms with E-state index >= 15 is 0 Å². The standard InChI is InChI=1S/C18H25BrN2O2/c1-18(2,12-20)13-21(11-15-5-4-8-23-15)10-14-6-7-17(22-3)16(19)9-14/h4-9H,10-13,20H2,1-3H3. The lowest BCUT2D eigenvalue weighted by Crippen LogP contribution is -2.38. The van der Waals surface area contributed by atoms with Crippen LogP contribution in [0.2, 0.25) is 0 Å². The fraction of sp³-hybridized carbons (Fsp3) is 0.444. The topological polar surface area (TPSA) is 51.6 Å². The third-order valence-corrected chi connectivity index (χ3v) is 4.41. The van der Waals surface area contributed by atoms with Crippen LogP contribution in [0.5, 0.6) is 5.75 Å². The number of nitrogens with zero attached hydrogens (tertiary/aromatic N) is 1. The minimum atomic E-state index is 0.0519. The van der Waals surface area contributed by atoms with Gasteiger partial charge in [-0.05, 0) is 57.7 Å². The van der Waals surface area contributed by atoms with E-state index in [0.29, 0.717) is 6.54 Å². The van der Waals surface area contributed by atoms with Crippen molar-refractivity contribution in [3.05, 3.63) is 52.4 Å². The Labute approximate surface area is 146 Å². The van der Waals surface area contributed by atoms with E-state index in [0.717, 1.165) is 35.6 Å². The van der Waals surface area contributed by atoms with Gasteiger partial charge in [0, 0.05) is 13.1 Å². The Hall–Kier alpha value is -1.30. The lowest BCUT2D eigenvalue weighted by Gasteiger charge is -2.31. The lowest BCUT2D eigenvalue weighted by atomic mass is 9.93. The molecule has 0 atom stereocenters. The average Bonchev–Trinajstić information content (AvgIpc) is 3.00. The summed E-state index contributed by atoms with van der Waals surface area (Å²) in [6, 6.07) is 10.1. The van der Waals surface area contributed by atoms with E-state index in [4.69, 9.17) is 14.9 Å². The molecule has 0 bridgehead atoms. The van der Waals surface area contributed by atoms with E-state index in [2.05, 4.69) is 46.8 Å². The van der Waals surface area contributed by atoms with Gasteiger partial charge < -0.3 is 14.9 Å². The predicted molar refractivity (Wildman–Crippen MR) is 96.4 cm³/mol. The van der Waals surface area contributed by atoms with Crippen LogP contribution < -0.4 is 10.5 Å². The number of hydrogen-bond donors (Lipinski definition) is 1. The minimum absolute atomic E-state index is 0.0519. The van der Waals surface area contributed by atoms with Crippen LogP contribution in [0.4, 0.5) is 0 Å². The highest BCUT2D eigenvalue weighted by Crippen LogP contribution is 2.27. The Balaban J connectivity index is 2.14. The summed E-state index contributed by atoms with van der Waals surface area (Å²) in [5.41, 5.74) is 7.18. The molecule has 0 aliphatic carbocycles. The maximum Gasteiger partial charge on any atom is 0.133 e. The summed E-state index contributed by atoms with van der Waals surface area (Å²) in [6.07, 6.45) is 1.71. The summed E-state index contributed by atoms with van der Waals surface area (Å²) in [5.74, 6) is 1.80. The van der Waals surface area contributed by atoms with Crippen LogP contribution >= 0.6 is 15.9 Å². The third kappa shape index (κ3) is 5.37. The molecule has 1 aromatic carbocycles. The van der Waals surface area contributed by atoms with Crippen LogP contribution in [0.15, 0.2) is 45.5 Å². The van der Waals surface area contributed by atoms with E-state index < -0.39 is 0 Å². The van der Waals surface area contributed by atoms with E-state index in [1.165, 1.54) is 5.56 Å². The molecule has 0 spiro atoms. The number of ether oxygens (including phenoxy) is 1. The van der Waals surface area contributed by atoms with Gasteiger partial charge in [-0.3, -0.25) is 4.90 Å². The van der Waals surface area contributed by atoms with E-state index in [9.17, 15) is 0 Å². The van der Waals surface area contributed by atoms with Crippen molar-refractivity contribution in [2.75, 3.05) is 20.2 Å². The molecular formula is C18H25BrN2O2. The van der Waals surface area contributed by atoms with Gasteiger partial charge >= 0.3 is 0 Å². The molecule has 2 N–H and O–H groups in total. The maximum absolute atomic E-state index is 5.91. The number of furan rings is 1. The highest BCUT2D eigenvalue weighted by Gasteiger charge is 2.21. The highest BCUT2D eigenvalue weighted by atomic mass is 79.9. The van der Waals surface area contributed by atoms with Crippen LogP contribution in [0.25, 0.3) is 0 Å². The first-order valence-electron chi connectivity index (χ1n) is 7.71. The van der Waals surface area contributed by atoms with Gasteiger partial charge in [-0.1, -0.05) is 19.9 Å². The number of nitrogens with two attached hydrogens (primary N) is 1. The zero-order valence-corrected chi connectivity index (χ0v) is 15.6. The molecule has 0 unspecified atom stereocenters. The van der Waals surface area contributed by atoms with E-state index in [1.54, 1.807) is 13.4 Å². The lowest BCUT2D eigenvalue weighted by molar-refractivity contribution is 0.158. The number of methoxy groups -OCH3 is 1. The summed E-state index contributed by atoms with van der Waals surface area (Å²) < 4.78 is 11.8. The molecule has 2 rings (SSSR count). The largest absolute Gasteiger partial charge is 0.496 e. The number of hydrogen-bond acceptors (Lipinski definition) is 4. The van der Waals surface area contributed by atoms with Crippen LogP contribution in [0.3, 0.4) is 0 Å². The molecule has 2 aromatic rings. The monoisotopic (exact) mass is 380 g/mol. The van der Waals surface area contributed by atoms with Crippen LogP contribution in [0, 0.1) is 5.41 Å². The van der Waals surface area contributed by atoms with Crippen molar-refractivity contribution in [1.82, 2.24) is 4.90 Å². The summed E-state index contributed by atoms with van der Waals surface area (Å²) >= 11 is 3.55. The molecular weight excluding hydrogens is 356 g/mol. The highest BCUT2D eigenvalue weighted by molar-refractivity contribution is 9.10. The predicted octanol–water partition coefficient (Wildman–Crippen LogP) is 4.04. The minimum Gasteiger partial charge on any atom is -0.496 e. The van der Waals surface area contributed by atoms with Gasteiger partial charge in [0.1, 0.15) is 11.5 Å². The molecule has 0 radical (unpaired) electrons. The Morgan fingerprint density at radius 3 is 2.61 bits per heavy atom. The molecule has 0 fully saturated rings. The van der Waals surface area contributed by atoms with Crippen LogP contribution in [0.1, 0.15) is 25.2 Å². The molecule has 0 aliphatic heterocycles. The smallest absolute Gasteiger partial charge is 0.133 e. The molecule has 126 valence electrons. The van der Waals surface area contributed by atoms with Crippen LogP contribution in [-0.2, 0) is 13.1 Å². The molecule has 0 saturated carbocycles. The number of halogens is 1. The fourth-order valence-electron chi connectivity index (χ4n) is 2.53. The molecule has 5 heteroatoms. The van der Waals surface area contributed by atoms with Gasteiger partial charge in [0.15, 0.2) is 0 Å². The Morgan fingerprint density at radius 2 is 2.04 bits per heavy atom. The summed E-state index contributed by atoms with van der Waals surface area (Å²) in [5, 5.41) is 0. The summed E-state index contributed by atoms with van der Waals surface area (Å²) in [4.78, 5) is 2.36. The molecule has 0 aliphatic rings. The summed E-state index contributed by atoms with van der Waals surface area (Å²) in [6.45, 7) is 7.51. The second kappa shape index (κ2) is 7.99. The van der Waals surface area contributed by atoms with Gasteiger partial charge in [-0.2, -0.15) is 0 Å². The van der Waals surface area contributed by atoms with Crippen molar-refractivity contribution in [2.45, 2.75) is 26.9 Å². The molecule has 1 heterocycles. The second-order valence-electron chi connectivity index (χ2n) is 6.56. The van der Waals surface area contributed by atoms with Crippen molar-refractivity contribution in [2.24, 2.45) is 11.1 Å². The first kappa shape index (κ1) is 18.0. The zero-order valence-electron chi connectivity index (χ0n) is 14.0. The molecule has 0 amide bonds. The van der Waals surface area contributed by atoms with Gasteiger partial charge in [0.05, 0.1) is 24.4 Å². The quantitative estimate of drug-likeness (QED) is 0.750. The molecule has 23 heavy (non-hydrogen) atoms. The van der Waals surface area contributed by atoms with E-state index in [-0.39, 0.29) is 5.41 Å². The first-order chi connectivity index (χ1) is 10.9. The van der Waals surface area contributed by atoms with Crippen molar-refractivity contribution in [3.63, 3.8) is 0 Å². The van der Waals surface area contributed by atoms with Gasteiger partial charge in [0.25, 0.3) is 0 Å². The van der Waals surface area contributed by atoms with Crippen molar-refractivity contribution in [3.8, 4) is 5.75 Å². The first-order valence-corrected chi connectivity index (χ1v) is 8.50. The number of rotatable bonds is 8. The Kier molecular flexibility index (Phi) is 6.27. The fourth-order valence-corrected chi connectivity index (χ4v) is 3.12. The normalized spacial score (nSPS) is 11.9. The number of benzene rings is 1. The van der Waals surface area contributed by atoms with Gasteiger partial charge in [-0.15, -0.1) is 0 Å². The van der Waals surface area contributed by atoms with Gasteiger partial charge in [-0.25, -0.2) is 0 Å². The molecule has 4 nitrogen and oxygen atoms in total.